The van der Waals surface area contributed by atoms with Crippen LogP contribution in [0.4, 0.5) is 39.5 Å². The van der Waals surface area contributed by atoms with E-state index in [9.17, 15) is 39.5 Å². The van der Waals surface area contributed by atoms with E-state index in [1.807, 2.05) is 0 Å². The zero-order valence-corrected chi connectivity index (χ0v) is 29.8. The Kier molecular flexibility index (Phi) is 9.82. The average Bonchev–Trinajstić information content (AvgIpc) is 3.65. The molecule has 9 fully saturated rings. The number of fused-ring (bicyclic) bond motifs is 3. The molecule has 0 aromatic carbocycles. The topological polar surface area (TPSA) is 15.7 Å². The Hall–Kier alpha value is -0.750. The van der Waals surface area contributed by atoms with Gasteiger partial charge in [0.25, 0.3) is 0 Å². The molecule has 0 aromatic rings. The van der Waals surface area contributed by atoms with Gasteiger partial charge in [-0.1, -0.05) is 51.4 Å². The zero-order chi connectivity index (χ0) is 36.0. The van der Waals surface area contributed by atoms with Crippen molar-refractivity contribution < 1.29 is 44.3 Å². The van der Waals surface area contributed by atoms with Crippen molar-refractivity contribution in [3.05, 3.63) is 0 Å². The maximum atomic E-state index is 14.3. The quantitative estimate of drug-likeness (QED) is 0.261. The van der Waals surface area contributed by atoms with Gasteiger partial charge in [-0.15, -0.1) is 0 Å². The number of nitrogens with zero attached hydrogens (tertiary/aromatic N) is 2. The Labute approximate surface area is 297 Å². The predicted molar refractivity (Wildman–Crippen MR) is 175 cm³/mol. The van der Waals surface area contributed by atoms with Crippen LogP contribution in [0.2, 0.25) is 0 Å². The summed E-state index contributed by atoms with van der Waals surface area (Å²) in [4.78, 5) is 5.63. The molecule has 8 saturated carbocycles. The molecule has 1 saturated heterocycles. The van der Waals surface area contributed by atoms with E-state index in [0.717, 1.165) is 44.9 Å². The second-order valence-electron chi connectivity index (χ2n) is 18.5. The molecule has 12 heteroatoms. The number of morpholine rings is 1. The summed E-state index contributed by atoms with van der Waals surface area (Å²) in [5, 5.41) is 0. The van der Waals surface area contributed by atoms with Gasteiger partial charge in [0.05, 0.1) is 30.0 Å². The molecule has 1 heterocycles. The molecule has 292 valence electrons. The van der Waals surface area contributed by atoms with E-state index in [-0.39, 0.29) is 29.8 Å². The average molecular weight is 741 g/mol. The number of alkyl halides is 9. The predicted octanol–water partition coefficient (Wildman–Crippen LogP) is 11.1. The third-order valence-electron chi connectivity index (χ3n) is 15.9. The second kappa shape index (κ2) is 13.5. The van der Waals surface area contributed by atoms with E-state index in [2.05, 4.69) is 9.80 Å². The molecule has 8 aliphatic carbocycles. The van der Waals surface area contributed by atoms with Gasteiger partial charge in [-0.25, -0.2) is 0 Å². The number of hydrogen-bond donors (Lipinski definition) is 0. The Morgan fingerprint density at radius 3 is 1.59 bits per heavy atom. The summed E-state index contributed by atoms with van der Waals surface area (Å²) >= 11 is 0. The van der Waals surface area contributed by atoms with Gasteiger partial charge in [-0.05, 0) is 108 Å². The lowest BCUT2D eigenvalue weighted by Gasteiger charge is -2.66. The van der Waals surface area contributed by atoms with Crippen molar-refractivity contribution in [2.75, 3.05) is 0 Å². The number of hydrogen-bond acceptors (Lipinski definition) is 3. The lowest BCUT2D eigenvalue weighted by Crippen LogP contribution is -2.73. The Morgan fingerprint density at radius 2 is 1.04 bits per heavy atom. The summed E-state index contributed by atoms with van der Waals surface area (Å²) < 4.78 is 135. The molecule has 51 heavy (non-hydrogen) atoms. The first kappa shape index (κ1) is 37.2. The number of ether oxygens (including phenoxy) is 1. The lowest BCUT2D eigenvalue weighted by molar-refractivity contribution is -0.322. The van der Waals surface area contributed by atoms with Crippen LogP contribution in [0.15, 0.2) is 0 Å². The summed E-state index contributed by atoms with van der Waals surface area (Å²) in [6.07, 6.45) is 4.27. The Balaban J connectivity index is 1.04. The van der Waals surface area contributed by atoms with Gasteiger partial charge in [0, 0.05) is 35.7 Å². The van der Waals surface area contributed by atoms with Crippen LogP contribution in [0.1, 0.15) is 148 Å². The van der Waals surface area contributed by atoms with Gasteiger partial charge < -0.3 is 4.74 Å². The van der Waals surface area contributed by atoms with E-state index < -0.39 is 60.5 Å². The van der Waals surface area contributed by atoms with E-state index in [1.165, 1.54) is 64.2 Å². The molecular formula is C39H57F9N2O. The third-order valence-corrected chi connectivity index (χ3v) is 15.9. The lowest BCUT2D eigenvalue weighted by atomic mass is 9.51. The zero-order valence-electron chi connectivity index (χ0n) is 29.8. The highest BCUT2D eigenvalue weighted by Crippen LogP contribution is 2.73. The smallest absolute Gasteiger partial charge is 0.372 e. The van der Waals surface area contributed by atoms with Gasteiger partial charge in [0.1, 0.15) is 0 Å². The largest absolute Gasteiger partial charge is 0.393 e. The van der Waals surface area contributed by atoms with Crippen LogP contribution in [0.3, 0.4) is 0 Å². The molecule has 0 spiro atoms. The van der Waals surface area contributed by atoms with Gasteiger partial charge in [0.2, 0.25) is 0 Å². The molecule has 7 unspecified atom stereocenters. The van der Waals surface area contributed by atoms with E-state index >= 15 is 0 Å². The number of halogens is 9. The highest BCUT2D eigenvalue weighted by molar-refractivity contribution is 5.23. The normalized spacial score (nSPS) is 44.9. The molecule has 9 rings (SSSR count). The fraction of sp³-hybridized carbons (Fsp3) is 1.00. The van der Waals surface area contributed by atoms with Gasteiger partial charge in [-0.2, -0.15) is 39.5 Å². The molecule has 9 aliphatic rings. The van der Waals surface area contributed by atoms with Crippen LogP contribution in [0.5, 0.6) is 0 Å². The Morgan fingerprint density at radius 1 is 0.510 bits per heavy atom. The van der Waals surface area contributed by atoms with Crippen molar-refractivity contribution in [3.63, 3.8) is 0 Å². The minimum atomic E-state index is -5.58. The molecule has 0 amide bonds. The first-order valence-electron chi connectivity index (χ1n) is 20.5. The van der Waals surface area contributed by atoms with Crippen LogP contribution in [-0.4, -0.2) is 76.3 Å². The van der Waals surface area contributed by atoms with E-state index in [1.54, 1.807) is 0 Å². The first-order chi connectivity index (χ1) is 24.1. The Bertz CT molecular complexity index is 1180. The SMILES string of the molecule is FC(F)(F)C1CC(C23CCC(N4C5CCCCC5OC5CC(N(C6CCCCC6)C6CCCCC6)CCC54)(C2)C3)CC(C(F)(F)F)C1C(F)(F)F. The molecule has 7 atom stereocenters. The number of rotatable bonds is 5. The van der Waals surface area contributed by atoms with Crippen molar-refractivity contribution in [2.45, 2.75) is 214 Å². The van der Waals surface area contributed by atoms with Crippen molar-refractivity contribution in [3.8, 4) is 0 Å². The summed E-state index contributed by atoms with van der Waals surface area (Å²) in [5.74, 6) is -10.5. The summed E-state index contributed by atoms with van der Waals surface area (Å²) in [6.45, 7) is 0. The van der Waals surface area contributed by atoms with Crippen molar-refractivity contribution in [1.82, 2.24) is 9.80 Å². The fourth-order valence-corrected chi connectivity index (χ4v) is 14.0. The van der Waals surface area contributed by atoms with Crippen molar-refractivity contribution in [1.29, 1.82) is 0 Å². The molecule has 0 N–H and O–H groups in total. The van der Waals surface area contributed by atoms with E-state index in [0.29, 0.717) is 43.8 Å². The fourth-order valence-electron chi connectivity index (χ4n) is 14.0. The van der Waals surface area contributed by atoms with Gasteiger partial charge >= 0.3 is 18.5 Å². The molecule has 0 radical (unpaired) electrons. The van der Waals surface area contributed by atoms with Crippen LogP contribution in [0.25, 0.3) is 0 Å². The molecular weight excluding hydrogens is 683 g/mol. The summed E-state index contributed by atoms with van der Waals surface area (Å²) in [7, 11) is 0. The molecule has 0 aromatic heterocycles. The minimum absolute atomic E-state index is 0.0502. The van der Waals surface area contributed by atoms with Crippen molar-refractivity contribution >= 4 is 0 Å². The van der Waals surface area contributed by atoms with Crippen LogP contribution in [0, 0.1) is 29.1 Å². The molecule has 1 aliphatic heterocycles. The minimum Gasteiger partial charge on any atom is -0.372 e. The van der Waals surface area contributed by atoms with Gasteiger partial charge in [0.15, 0.2) is 0 Å². The van der Waals surface area contributed by atoms with E-state index in [4.69, 9.17) is 4.74 Å². The maximum absolute atomic E-state index is 14.3. The molecule has 3 nitrogen and oxygen atoms in total. The van der Waals surface area contributed by atoms with Crippen LogP contribution >= 0.6 is 0 Å². The highest BCUT2D eigenvalue weighted by atomic mass is 19.4. The molecule has 2 bridgehead atoms. The maximum Gasteiger partial charge on any atom is 0.393 e. The highest BCUT2D eigenvalue weighted by Gasteiger charge is 2.73. The monoisotopic (exact) mass is 740 g/mol. The van der Waals surface area contributed by atoms with Crippen LogP contribution in [-0.2, 0) is 4.74 Å². The second-order valence-corrected chi connectivity index (χ2v) is 18.5. The van der Waals surface area contributed by atoms with Crippen LogP contribution < -0.4 is 0 Å². The third kappa shape index (κ3) is 6.68. The first-order valence-corrected chi connectivity index (χ1v) is 20.5. The summed E-state index contributed by atoms with van der Waals surface area (Å²) in [5.41, 5.74) is -1.08. The summed E-state index contributed by atoms with van der Waals surface area (Å²) in [6, 6.07) is 2.07. The standard InChI is InChI=1S/C39H57F9N2O/c40-37(41,42)28-19-24(20-29(38(43,44)45)34(28)39(46,47)48)35-17-18-36(22-35,23-35)50-30-13-7-8-14-32(30)51-33-21-27(15-16-31(33)50)49(25-9-3-1-4-10-25)26-11-5-2-6-12-26/h24-34H,1-23H2. The van der Waals surface area contributed by atoms with Gasteiger partial charge in [-0.3, -0.25) is 9.80 Å². The van der Waals surface area contributed by atoms with Crippen molar-refractivity contribution in [2.24, 2.45) is 29.1 Å².